The van der Waals surface area contributed by atoms with Crippen molar-refractivity contribution in [2.45, 2.75) is 32.8 Å². The summed E-state index contributed by atoms with van der Waals surface area (Å²) in [5.74, 6) is -0.0728. The second kappa shape index (κ2) is 13.2. The van der Waals surface area contributed by atoms with Crippen molar-refractivity contribution in [2.24, 2.45) is 0 Å². The van der Waals surface area contributed by atoms with Crippen molar-refractivity contribution in [1.29, 1.82) is 0 Å². The molecule has 152 valence electrons. The topological polar surface area (TPSA) is 58.6 Å². The number of rotatable bonds is 11. The highest BCUT2D eigenvalue weighted by molar-refractivity contribution is 6.32. The van der Waals surface area contributed by atoms with E-state index in [9.17, 15) is 4.79 Å². The lowest BCUT2D eigenvalue weighted by atomic mass is 10.1. The van der Waals surface area contributed by atoms with Crippen molar-refractivity contribution >= 4 is 36.1 Å². The van der Waals surface area contributed by atoms with Gasteiger partial charge in [0.25, 0.3) is 0 Å². The van der Waals surface area contributed by atoms with E-state index in [1.54, 1.807) is 0 Å². The summed E-state index contributed by atoms with van der Waals surface area (Å²) in [5, 5.41) is 12.2. The molecule has 0 aliphatic carbocycles. The van der Waals surface area contributed by atoms with Crippen molar-refractivity contribution in [3.05, 3.63) is 70.3 Å². The zero-order valence-corrected chi connectivity index (χ0v) is 17.6. The van der Waals surface area contributed by atoms with E-state index in [4.69, 9.17) is 21.4 Å². The van der Waals surface area contributed by atoms with Gasteiger partial charge in [-0.3, -0.25) is 4.79 Å². The first-order valence-electron chi connectivity index (χ1n) is 9.17. The van der Waals surface area contributed by atoms with E-state index in [0.29, 0.717) is 24.7 Å². The van der Waals surface area contributed by atoms with Gasteiger partial charge in [0.2, 0.25) is 0 Å². The summed E-state index contributed by atoms with van der Waals surface area (Å²) in [5.41, 5.74) is 3.37. The quantitative estimate of drug-likeness (QED) is 0.476. The van der Waals surface area contributed by atoms with Gasteiger partial charge in [-0.2, -0.15) is 0 Å². The minimum absolute atomic E-state index is 0. The van der Waals surface area contributed by atoms with E-state index in [1.807, 2.05) is 30.4 Å². The second-order valence-electron chi connectivity index (χ2n) is 6.29. The summed E-state index contributed by atoms with van der Waals surface area (Å²) in [6.07, 6.45) is 6.18. The second-order valence-corrected chi connectivity index (χ2v) is 6.70. The standard InChI is InChI=1S/C22H26ClNO3.ClH/c1-2-4-17-6-8-18(9-7-17)16-27-20-11-10-19(21(23)15-20)5-3-13-24-14-12-22(25)26;/h3,5-11,15,24H,2,4,12-14,16H2,1H3,(H,25,26);1H. The van der Waals surface area contributed by atoms with E-state index >= 15 is 0 Å². The predicted octanol–water partition coefficient (Wildman–Crippen LogP) is 5.37. The Morgan fingerprint density at radius 3 is 2.54 bits per heavy atom. The molecule has 2 rings (SSSR count). The number of halogens is 2. The van der Waals surface area contributed by atoms with Gasteiger partial charge in [-0.25, -0.2) is 0 Å². The first-order chi connectivity index (χ1) is 13.1. The lowest BCUT2D eigenvalue weighted by Crippen LogP contribution is -2.17. The molecule has 0 spiro atoms. The number of nitrogens with one attached hydrogen (secondary N) is 1. The van der Waals surface area contributed by atoms with Crippen LogP contribution in [0.1, 0.15) is 36.5 Å². The molecular formula is C22H27Cl2NO3. The molecule has 0 saturated carbocycles. The zero-order valence-electron chi connectivity index (χ0n) is 16.0. The zero-order chi connectivity index (χ0) is 19.5. The van der Waals surface area contributed by atoms with Gasteiger partial charge >= 0.3 is 5.97 Å². The molecule has 0 aliphatic heterocycles. The van der Waals surface area contributed by atoms with Crippen LogP contribution in [0.5, 0.6) is 5.75 Å². The number of benzene rings is 2. The summed E-state index contributed by atoms with van der Waals surface area (Å²) in [4.78, 5) is 10.4. The van der Waals surface area contributed by atoms with E-state index in [-0.39, 0.29) is 18.8 Å². The molecule has 0 aliphatic rings. The molecule has 2 N–H and O–H groups in total. The third-order valence-electron chi connectivity index (χ3n) is 4.01. The van der Waals surface area contributed by atoms with Crippen molar-refractivity contribution < 1.29 is 14.6 Å². The van der Waals surface area contributed by atoms with E-state index in [0.717, 1.165) is 29.7 Å². The molecule has 0 saturated heterocycles. The minimum Gasteiger partial charge on any atom is -0.489 e. The molecule has 0 radical (unpaired) electrons. The Kier molecular flexibility index (Phi) is 11.3. The van der Waals surface area contributed by atoms with Crippen LogP contribution in [0.2, 0.25) is 5.02 Å². The fourth-order valence-electron chi connectivity index (χ4n) is 2.56. The fourth-order valence-corrected chi connectivity index (χ4v) is 2.79. The van der Waals surface area contributed by atoms with Crippen LogP contribution in [-0.4, -0.2) is 24.2 Å². The number of carboxylic acids is 1. The van der Waals surface area contributed by atoms with E-state index in [2.05, 4.69) is 36.5 Å². The highest BCUT2D eigenvalue weighted by Gasteiger charge is 2.02. The van der Waals surface area contributed by atoms with Crippen molar-refractivity contribution in [3.63, 3.8) is 0 Å². The molecule has 6 heteroatoms. The van der Waals surface area contributed by atoms with Gasteiger partial charge in [-0.1, -0.05) is 61.4 Å². The number of ether oxygens (including phenoxy) is 1. The van der Waals surface area contributed by atoms with E-state index in [1.165, 1.54) is 5.56 Å². The van der Waals surface area contributed by atoms with Gasteiger partial charge in [0.05, 0.1) is 11.4 Å². The van der Waals surface area contributed by atoms with Gasteiger partial charge in [0, 0.05) is 13.1 Å². The van der Waals surface area contributed by atoms with Crippen LogP contribution in [0.4, 0.5) is 0 Å². The first kappa shape index (κ1) is 24.0. The Morgan fingerprint density at radius 2 is 1.89 bits per heavy atom. The molecule has 2 aromatic carbocycles. The van der Waals surface area contributed by atoms with Crippen LogP contribution in [0.3, 0.4) is 0 Å². The van der Waals surface area contributed by atoms with Gasteiger partial charge in [-0.15, -0.1) is 12.4 Å². The molecule has 0 amide bonds. The number of carbonyl (C=O) groups is 1. The minimum atomic E-state index is -0.804. The number of hydrogen-bond acceptors (Lipinski definition) is 3. The third-order valence-corrected chi connectivity index (χ3v) is 4.34. The number of hydrogen-bond donors (Lipinski definition) is 2. The number of aryl methyl sites for hydroxylation is 1. The molecule has 0 aromatic heterocycles. The third kappa shape index (κ3) is 8.79. The Balaban J connectivity index is 0.00000392. The molecule has 4 nitrogen and oxygen atoms in total. The summed E-state index contributed by atoms with van der Waals surface area (Å²) in [6.45, 7) is 3.72. The molecule has 0 heterocycles. The maximum absolute atomic E-state index is 10.4. The molecule has 2 aromatic rings. The van der Waals surface area contributed by atoms with E-state index < -0.39 is 5.97 Å². The molecule has 0 fully saturated rings. The maximum Gasteiger partial charge on any atom is 0.304 e. The van der Waals surface area contributed by atoms with Crippen molar-refractivity contribution in [1.82, 2.24) is 5.32 Å². The molecule has 0 bridgehead atoms. The number of aliphatic carboxylic acids is 1. The van der Waals surface area contributed by atoms with Crippen molar-refractivity contribution in [2.75, 3.05) is 13.1 Å². The fraction of sp³-hybridized carbons (Fsp3) is 0.318. The van der Waals surface area contributed by atoms with Crippen LogP contribution in [0.25, 0.3) is 6.08 Å². The van der Waals surface area contributed by atoms with Gasteiger partial charge in [0.1, 0.15) is 12.4 Å². The van der Waals surface area contributed by atoms with Crippen LogP contribution >= 0.6 is 24.0 Å². The summed E-state index contributed by atoms with van der Waals surface area (Å²) in [6, 6.07) is 14.1. The first-order valence-corrected chi connectivity index (χ1v) is 9.55. The normalized spacial score (nSPS) is 10.6. The number of carboxylic acid groups (broad SMARTS) is 1. The molecular weight excluding hydrogens is 397 g/mol. The van der Waals surface area contributed by atoms with Crippen molar-refractivity contribution in [3.8, 4) is 5.75 Å². The average Bonchev–Trinajstić information content (AvgIpc) is 2.65. The molecule has 28 heavy (non-hydrogen) atoms. The van der Waals surface area contributed by atoms with Gasteiger partial charge in [0.15, 0.2) is 0 Å². The summed E-state index contributed by atoms with van der Waals surface area (Å²) >= 11 is 6.32. The van der Waals surface area contributed by atoms with Crippen LogP contribution in [0, 0.1) is 0 Å². The Morgan fingerprint density at radius 1 is 1.18 bits per heavy atom. The Hall–Kier alpha value is -2.01. The van der Waals surface area contributed by atoms with Crippen LogP contribution < -0.4 is 10.1 Å². The molecule has 0 atom stereocenters. The SMILES string of the molecule is CCCc1ccc(COc2ccc(C=CCNCCC(=O)O)c(Cl)c2)cc1.Cl. The van der Waals surface area contributed by atoms with Gasteiger partial charge < -0.3 is 15.2 Å². The Labute approximate surface area is 178 Å². The Bertz CT molecular complexity index is 761. The summed E-state index contributed by atoms with van der Waals surface area (Å²) < 4.78 is 5.83. The van der Waals surface area contributed by atoms with Crippen LogP contribution in [0.15, 0.2) is 48.5 Å². The lowest BCUT2D eigenvalue weighted by molar-refractivity contribution is -0.136. The van der Waals surface area contributed by atoms with Gasteiger partial charge in [-0.05, 0) is 41.3 Å². The maximum atomic E-state index is 10.4. The smallest absolute Gasteiger partial charge is 0.304 e. The summed E-state index contributed by atoms with van der Waals surface area (Å²) in [7, 11) is 0. The monoisotopic (exact) mass is 423 g/mol. The van der Waals surface area contributed by atoms with Crippen LogP contribution in [-0.2, 0) is 17.8 Å². The largest absolute Gasteiger partial charge is 0.489 e. The highest BCUT2D eigenvalue weighted by Crippen LogP contribution is 2.24. The lowest BCUT2D eigenvalue weighted by Gasteiger charge is -2.09. The predicted molar refractivity (Wildman–Crippen MR) is 118 cm³/mol. The molecule has 0 unspecified atom stereocenters. The highest BCUT2D eigenvalue weighted by atomic mass is 35.5. The average molecular weight is 424 g/mol.